The predicted octanol–water partition coefficient (Wildman–Crippen LogP) is 5.07. The fraction of sp³-hybridized carbons (Fsp3) is 0.316. The van der Waals surface area contributed by atoms with Gasteiger partial charge in [0.05, 0.1) is 36.7 Å². The van der Waals surface area contributed by atoms with Gasteiger partial charge in [0.2, 0.25) is 15.9 Å². The number of sulfonamides is 1. The Morgan fingerprint density at radius 2 is 1.20 bits per heavy atom. The number of carbonyl (C=O) groups excluding carboxylic acids is 2. The van der Waals surface area contributed by atoms with E-state index in [1.165, 1.54) is 12.1 Å². The normalized spacial score (nSPS) is 25.1. The largest absolute Gasteiger partial charge is 0.346 e. The molecule has 49 heavy (non-hydrogen) atoms. The van der Waals surface area contributed by atoms with E-state index in [0.717, 1.165) is 21.0 Å². The van der Waals surface area contributed by atoms with Crippen LogP contribution >= 0.6 is 0 Å². The molecule has 3 aliphatic rings. The van der Waals surface area contributed by atoms with Gasteiger partial charge in [-0.2, -0.15) is 4.31 Å². The van der Waals surface area contributed by atoms with Crippen LogP contribution in [0.2, 0.25) is 0 Å². The molecule has 0 radical (unpaired) electrons. The van der Waals surface area contributed by atoms with Crippen molar-refractivity contribution in [3.05, 3.63) is 138 Å². The summed E-state index contributed by atoms with van der Waals surface area (Å²) >= 11 is 0. The Balaban J connectivity index is 1.17. The van der Waals surface area contributed by atoms with Crippen molar-refractivity contribution in [2.24, 2.45) is 0 Å². The zero-order valence-corrected chi connectivity index (χ0v) is 27.9. The molecule has 6 atom stereocenters. The van der Waals surface area contributed by atoms with E-state index in [0.29, 0.717) is 5.56 Å². The SMILES string of the molecule is Cc1ccc(S(=O)(=O)N(CCC(=O)c2ccccc2)CC(=O)N2[C@H]3CO[C@@H](c4ccccc4)O[C@H]3[C@@H]3O[C@H](c4ccccc4)OC[C@@H]32)cc1. The van der Waals surface area contributed by atoms with E-state index in [-0.39, 0.29) is 36.9 Å². The highest BCUT2D eigenvalue weighted by molar-refractivity contribution is 7.89. The number of ketones is 1. The highest BCUT2D eigenvalue weighted by Gasteiger charge is 2.58. The first-order valence-corrected chi connectivity index (χ1v) is 17.8. The summed E-state index contributed by atoms with van der Waals surface area (Å²) in [5.41, 5.74) is 3.05. The van der Waals surface area contributed by atoms with Gasteiger partial charge in [-0.25, -0.2) is 8.42 Å². The van der Waals surface area contributed by atoms with Crippen LogP contribution in [-0.2, 0) is 33.8 Å². The first-order chi connectivity index (χ1) is 23.8. The topological polar surface area (TPSA) is 112 Å². The molecule has 4 aromatic carbocycles. The lowest BCUT2D eigenvalue weighted by Crippen LogP contribution is -2.53. The van der Waals surface area contributed by atoms with Crippen LogP contribution in [0.4, 0.5) is 0 Å². The minimum atomic E-state index is -4.16. The third-order valence-corrected chi connectivity index (χ3v) is 11.1. The molecule has 1 amide bonds. The first kappa shape index (κ1) is 33.3. The predicted molar refractivity (Wildman–Crippen MR) is 180 cm³/mol. The smallest absolute Gasteiger partial charge is 0.243 e. The molecule has 4 aromatic rings. The Morgan fingerprint density at radius 1 is 0.714 bits per heavy atom. The molecule has 10 nitrogen and oxygen atoms in total. The van der Waals surface area contributed by atoms with Crippen LogP contribution in [-0.4, -0.2) is 79.9 Å². The highest BCUT2D eigenvalue weighted by Crippen LogP contribution is 2.43. The van der Waals surface area contributed by atoms with Gasteiger partial charge in [-0.15, -0.1) is 0 Å². The summed E-state index contributed by atoms with van der Waals surface area (Å²) < 4.78 is 54.6. The molecule has 3 aliphatic heterocycles. The molecule has 0 spiro atoms. The number of benzene rings is 4. The fourth-order valence-electron chi connectivity index (χ4n) is 6.73. The number of aryl methyl sites for hydroxylation is 1. The Labute approximate surface area is 286 Å². The van der Waals surface area contributed by atoms with Crippen LogP contribution < -0.4 is 0 Å². The number of hydrogen-bond donors (Lipinski definition) is 0. The Morgan fingerprint density at radius 3 is 1.71 bits per heavy atom. The molecular weight excluding hydrogens is 644 g/mol. The van der Waals surface area contributed by atoms with Crippen molar-refractivity contribution >= 4 is 21.7 Å². The molecule has 0 bridgehead atoms. The van der Waals surface area contributed by atoms with Gasteiger partial charge in [-0.05, 0) is 19.1 Å². The molecule has 3 saturated heterocycles. The molecule has 3 fully saturated rings. The highest BCUT2D eigenvalue weighted by atomic mass is 32.2. The van der Waals surface area contributed by atoms with Gasteiger partial charge in [0, 0.05) is 29.7 Å². The van der Waals surface area contributed by atoms with Crippen LogP contribution in [0.15, 0.2) is 120 Å². The van der Waals surface area contributed by atoms with Crippen molar-refractivity contribution < 1.29 is 37.0 Å². The van der Waals surface area contributed by atoms with Gasteiger partial charge in [0.15, 0.2) is 18.4 Å². The van der Waals surface area contributed by atoms with Crippen molar-refractivity contribution in [3.8, 4) is 0 Å². The number of carbonyl (C=O) groups is 2. The van der Waals surface area contributed by atoms with E-state index in [2.05, 4.69) is 0 Å². The number of rotatable bonds is 10. The van der Waals surface area contributed by atoms with Crippen LogP contribution in [0, 0.1) is 6.92 Å². The Kier molecular flexibility index (Phi) is 9.73. The van der Waals surface area contributed by atoms with Crippen molar-refractivity contribution in [2.75, 3.05) is 26.3 Å². The van der Waals surface area contributed by atoms with E-state index in [1.54, 1.807) is 41.3 Å². The second kappa shape index (κ2) is 14.3. The summed E-state index contributed by atoms with van der Waals surface area (Å²) in [7, 11) is -4.16. The van der Waals surface area contributed by atoms with E-state index < -0.39 is 59.3 Å². The second-order valence-electron chi connectivity index (χ2n) is 12.5. The van der Waals surface area contributed by atoms with E-state index in [9.17, 15) is 18.0 Å². The second-order valence-corrected chi connectivity index (χ2v) is 14.4. The molecule has 0 aromatic heterocycles. The lowest BCUT2D eigenvalue weighted by atomic mass is 10.0. The summed E-state index contributed by atoms with van der Waals surface area (Å²) in [6, 6.07) is 33.1. The van der Waals surface area contributed by atoms with Gasteiger partial charge < -0.3 is 23.8 Å². The van der Waals surface area contributed by atoms with Crippen molar-refractivity contribution in [1.82, 2.24) is 9.21 Å². The van der Waals surface area contributed by atoms with E-state index >= 15 is 0 Å². The molecule has 0 saturated carbocycles. The van der Waals surface area contributed by atoms with Crippen molar-refractivity contribution in [3.63, 3.8) is 0 Å². The minimum Gasteiger partial charge on any atom is -0.346 e. The molecule has 0 unspecified atom stereocenters. The lowest BCUT2D eigenvalue weighted by Gasteiger charge is -2.37. The number of fused-ring (bicyclic) bond motifs is 3. The average molecular weight is 683 g/mol. The molecule has 0 aliphatic carbocycles. The average Bonchev–Trinajstić information content (AvgIpc) is 3.47. The molecule has 7 rings (SSSR count). The Bertz CT molecular complexity index is 1790. The van der Waals surface area contributed by atoms with Crippen LogP contribution in [0.5, 0.6) is 0 Å². The number of likely N-dealkylation sites (tertiary alicyclic amines) is 1. The maximum atomic E-state index is 14.4. The van der Waals surface area contributed by atoms with Crippen molar-refractivity contribution in [2.45, 2.75) is 55.1 Å². The molecular formula is C38H38N2O8S. The molecule has 3 heterocycles. The summed E-state index contributed by atoms with van der Waals surface area (Å²) in [5, 5.41) is 0. The number of hydrogen-bond acceptors (Lipinski definition) is 8. The zero-order chi connectivity index (χ0) is 34.0. The number of nitrogens with zero attached hydrogens (tertiary/aromatic N) is 2. The maximum Gasteiger partial charge on any atom is 0.243 e. The van der Waals surface area contributed by atoms with Gasteiger partial charge in [0.25, 0.3) is 0 Å². The van der Waals surface area contributed by atoms with E-state index in [1.807, 2.05) is 73.7 Å². The monoisotopic (exact) mass is 682 g/mol. The van der Waals surface area contributed by atoms with Gasteiger partial charge in [-0.1, -0.05) is 109 Å². The summed E-state index contributed by atoms with van der Waals surface area (Å²) in [6.45, 7) is 1.50. The first-order valence-electron chi connectivity index (χ1n) is 16.4. The zero-order valence-electron chi connectivity index (χ0n) is 27.0. The summed E-state index contributed by atoms with van der Waals surface area (Å²) in [4.78, 5) is 29.2. The summed E-state index contributed by atoms with van der Waals surface area (Å²) in [6.07, 6.45) is -2.56. The maximum absolute atomic E-state index is 14.4. The van der Waals surface area contributed by atoms with E-state index in [4.69, 9.17) is 18.9 Å². The van der Waals surface area contributed by atoms with Gasteiger partial charge >= 0.3 is 0 Å². The molecule has 0 N–H and O–H groups in total. The lowest BCUT2D eigenvalue weighted by molar-refractivity contribution is -0.278. The number of amides is 1. The standard InChI is InChI=1S/C38H38N2O8S/c1-26-17-19-30(20-18-26)49(43,44)39(22-21-33(41)27-11-5-2-6-12-27)23-34(42)40-31-24-45-37(28-13-7-3-8-14-28)47-35(31)36-32(40)25-46-38(48-36)29-15-9-4-10-16-29/h2-20,31-32,35-38H,21-25H2,1H3/t31-,32-,35+,36+,37+,38+/m0/s1. The molecule has 11 heteroatoms. The minimum absolute atomic E-state index is 0.0420. The third kappa shape index (κ3) is 6.96. The quantitative estimate of drug-likeness (QED) is 0.214. The fourth-order valence-corrected chi connectivity index (χ4v) is 8.12. The van der Waals surface area contributed by atoms with Crippen LogP contribution in [0.3, 0.4) is 0 Å². The van der Waals surface area contributed by atoms with Gasteiger partial charge in [0.1, 0.15) is 12.2 Å². The molecule has 254 valence electrons. The van der Waals surface area contributed by atoms with Crippen molar-refractivity contribution in [1.29, 1.82) is 0 Å². The number of Topliss-reactive ketones (excluding diaryl/α,β-unsaturated/α-hetero) is 1. The Hall–Kier alpha value is -4.23. The van der Waals surface area contributed by atoms with Crippen LogP contribution in [0.25, 0.3) is 0 Å². The van der Waals surface area contributed by atoms with Gasteiger partial charge in [-0.3, -0.25) is 9.59 Å². The van der Waals surface area contributed by atoms with Crippen LogP contribution in [0.1, 0.15) is 46.0 Å². The number of ether oxygens (including phenoxy) is 4. The third-order valence-electron chi connectivity index (χ3n) is 9.28. The summed E-state index contributed by atoms with van der Waals surface area (Å²) in [5.74, 6) is -0.679.